The van der Waals surface area contributed by atoms with Crippen LogP contribution < -0.4 is 5.32 Å². The Hall–Kier alpha value is -4.01. The molecule has 0 radical (unpaired) electrons. The minimum atomic E-state index is -0.681. The van der Waals surface area contributed by atoms with Gasteiger partial charge < -0.3 is 10.1 Å². The SMILES string of the molecule is O=C(COC(=O)c1ccc(-n2cccn2)cc1)Nc1ccccc1[N+](=O)[O-]. The Morgan fingerprint density at radius 2 is 1.85 bits per heavy atom. The number of nitro benzene ring substituents is 1. The molecule has 1 heterocycles. The predicted octanol–water partition coefficient (Wildman–Crippen LogP) is 2.58. The van der Waals surface area contributed by atoms with Crippen LogP contribution in [0.2, 0.25) is 0 Å². The maximum Gasteiger partial charge on any atom is 0.338 e. The second kappa shape index (κ2) is 7.91. The van der Waals surface area contributed by atoms with E-state index in [2.05, 4.69) is 10.4 Å². The Bertz CT molecular complexity index is 968. The molecule has 3 aromatic rings. The highest BCUT2D eigenvalue weighted by atomic mass is 16.6. The first-order valence-corrected chi connectivity index (χ1v) is 7.85. The van der Waals surface area contributed by atoms with E-state index in [0.717, 1.165) is 5.69 Å². The third-order valence-corrected chi connectivity index (χ3v) is 3.58. The highest BCUT2D eigenvalue weighted by Crippen LogP contribution is 2.22. The number of para-hydroxylation sites is 2. The first kappa shape index (κ1) is 17.8. The van der Waals surface area contributed by atoms with E-state index in [0.29, 0.717) is 0 Å². The molecule has 0 aliphatic heterocycles. The third kappa shape index (κ3) is 4.34. The summed E-state index contributed by atoms with van der Waals surface area (Å²) in [5.41, 5.74) is 0.827. The molecule has 136 valence electrons. The average molecular weight is 366 g/mol. The zero-order valence-corrected chi connectivity index (χ0v) is 13.9. The number of nitro groups is 1. The molecule has 0 unspecified atom stereocenters. The quantitative estimate of drug-likeness (QED) is 0.407. The summed E-state index contributed by atoms with van der Waals surface area (Å²) in [5.74, 6) is -1.36. The van der Waals surface area contributed by atoms with Gasteiger partial charge >= 0.3 is 5.97 Å². The molecule has 3 rings (SSSR count). The maximum absolute atomic E-state index is 12.0. The van der Waals surface area contributed by atoms with Crippen LogP contribution in [0.1, 0.15) is 10.4 Å². The van der Waals surface area contributed by atoms with Crippen molar-refractivity contribution >= 4 is 23.3 Å². The van der Waals surface area contributed by atoms with E-state index in [1.54, 1.807) is 53.5 Å². The molecule has 0 saturated heterocycles. The molecule has 1 N–H and O–H groups in total. The van der Waals surface area contributed by atoms with Crippen LogP contribution in [-0.4, -0.2) is 33.2 Å². The molecule has 1 aromatic heterocycles. The molecule has 1 amide bonds. The van der Waals surface area contributed by atoms with Gasteiger partial charge in [0.15, 0.2) is 6.61 Å². The lowest BCUT2D eigenvalue weighted by Gasteiger charge is -2.07. The van der Waals surface area contributed by atoms with Gasteiger partial charge in [0.05, 0.1) is 16.2 Å². The molecule has 0 saturated carbocycles. The van der Waals surface area contributed by atoms with Crippen molar-refractivity contribution in [1.29, 1.82) is 0 Å². The van der Waals surface area contributed by atoms with Gasteiger partial charge in [0.25, 0.3) is 11.6 Å². The first-order chi connectivity index (χ1) is 13.0. The van der Waals surface area contributed by atoms with Gasteiger partial charge in [-0.05, 0) is 36.4 Å². The number of esters is 1. The fourth-order valence-corrected chi connectivity index (χ4v) is 2.31. The lowest BCUT2D eigenvalue weighted by molar-refractivity contribution is -0.383. The molecule has 2 aromatic carbocycles. The van der Waals surface area contributed by atoms with Crippen molar-refractivity contribution < 1.29 is 19.2 Å². The number of aromatic nitrogens is 2. The summed E-state index contributed by atoms with van der Waals surface area (Å²) in [6.07, 6.45) is 3.40. The lowest BCUT2D eigenvalue weighted by Crippen LogP contribution is -2.21. The average Bonchev–Trinajstić information content (AvgIpc) is 3.21. The van der Waals surface area contributed by atoms with Gasteiger partial charge in [-0.1, -0.05) is 12.1 Å². The molecule has 9 heteroatoms. The number of carbonyl (C=O) groups is 2. The summed E-state index contributed by atoms with van der Waals surface area (Å²) in [6, 6.07) is 14.0. The van der Waals surface area contributed by atoms with Crippen molar-refractivity contribution in [3.63, 3.8) is 0 Å². The molecule has 0 bridgehead atoms. The second-order valence-electron chi connectivity index (χ2n) is 5.40. The molecule has 27 heavy (non-hydrogen) atoms. The van der Waals surface area contributed by atoms with Crippen molar-refractivity contribution in [2.45, 2.75) is 0 Å². The summed E-state index contributed by atoms with van der Waals surface area (Å²) < 4.78 is 6.58. The third-order valence-electron chi connectivity index (χ3n) is 3.58. The van der Waals surface area contributed by atoms with E-state index in [-0.39, 0.29) is 16.9 Å². The minimum absolute atomic E-state index is 0.0344. The number of carbonyl (C=O) groups excluding carboxylic acids is 2. The minimum Gasteiger partial charge on any atom is -0.452 e. The van der Waals surface area contributed by atoms with Gasteiger partial charge in [0, 0.05) is 18.5 Å². The molecule has 0 atom stereocenters. The molecular formula is C18H14N4O5. The van der Waals surface area contributed by atoms with E-state index in [9.17, 15) is 19.7 Å². The number of rotatable bonds is 6. The highest BCUT2D eigenvalue weighted by Gasteiger charge is 2.16. The Balaban J connectivity index is 1.57. The number of hydrogen-bond acceptors (Lipinski definition) is 6. The van der Waals surface area contributed by atoms with E-state index < -0.39 is 23.4 Å². The molecular weight excluding hydrogens is 352 g/mol. The lowest BCUT2D eigenvalue weighted by atomic mass is 10.2. The van der Waals surface area contributed by atoms with Crippen LogP contribution in [-0.2, 0) is 9.53 Å². The fourth-order valence-electron chi connectivity index (χ4n) is 2.31. The number of amides is 1. The van der Waals surface area contributed by atoms with Crippen molar-refractivity contribution in [3.8, 4) is 5.69 Å². The topological polar surface area (TPSA) is 116 Å². The number of ether oxygens (including phenoxy) is 1. The predicted molar refractivity (Wildman–Crippen MR) is 95.6 cm³/mol. The van der Waals surface area contributed by atoms with Crippen molar-refractivity contribution in [1.82, 2.24) is 9.78 Å². The van der Waals surface area contributed by atoms with Gasteiger partial charge in [0.2, 0.25) is 0 Å². The molecule has 0 spiro atoms. The Morgan fingerprint density at radius 3 is 2.52 bits per heavy atom. The fraction of sp³-hybridized carbons (Fsp3) is 0.0556. The molecule has 0 aliphatic carbocycles. The summed E-state index contributed by atoms with van der Waals surface area (Å²) in [4.78, 5) is 34.3. The van der Waals surface area contributed by atoms with Gasteiger partial charge in [0.1, 0.15) is 5.69 Å². The zero-order valence-electron chi connectivity index (χ0n) is 13.9. The van der Waals surface area contributed by atoms with Crippen LogP contribution >= 0.6 is 0 Å². The number of hydrogen-bond donors (Lipinski definition) is 1. The number of nitrogens with one attached hydrogen (secondary N) is 1. The van der Waals surface area contributed by atoms with Crippen LogP contribution in [0.4, 0.5) is 11.4 Å². The van der Waals surface area contributed by atoms with Crippen LogP contribution in [0, 0.1) is 10.1 Å². The molecule has 0 fully saturated rings. The Morgan fingerprint density at radius 1 is 1.11 bits per heavy atom. The number of anilines is 1. The van der Waals surface area contributed by atoms with Crippen molar-refractivity contribution in [3.05, 3.63) is 82.7 Å². The molecule has 0 aliphatic rings. The highest BCUT2D eigenvalue weighted by molar-refractivity contribution is 5.96. The largest absolute Gasteiger partial charge is 0.452 e. The molecule has 9 nitrogen and oxygen atoms in total. The zero-order chi connectivity index (χ0) is 19.2. The van der Waals surface area contributed by atoms with Crippen LogP contribution in [0.3, 0.4) is 0 Å². The summed E-state index contributed by atoms with van der Waals surface area (Å²) in [5, 5.41) is 17.4. The van der Waals surface area contributed by atoms with Gasteiger partial charge in [-0.3, -0.25) is 14.9 Å². The van der Waals surface area contributed by atoms with Gasteiger partial charge in [-0.2, -0.15) is 5.10 Å². The van der Waals surface area contributed by atoms with Crippen LogP contribution in [0.5, 0.6) is 0 Å². The smallest absolute Gasteiger partial charge is 0.338 e. The van der Waals surface area contributed by atoms with Crippen LogP contribution in [0.15, 0.2) is 67.0 Å². The summed E-state index contributed by atoms with van der Waals surface area (Å²) in [7, 11) is 0. The van der Waals surface area contributed by atoms with Gasteiger partial charge in [-0.25, -0.2) is 9.48 Å². The van der Waals surface area contributed by atoms with E-state index >= 15 is 0 Å². The standard InChI is InChI=1S/C18H14N4O5/c23-17(20-15-4-1-2-5-16(15)22(25)26)12-27-18(24)13-6-8-14(9-7-13)21-11-3-10-19-21/h1-11H,12H2,(H,20,23). The number of benzene rings is 2. The maximum atomic E-state index is 12.0. The Labute approximate surface area is 153 Å². The number of nitrogens with zero attached hydrogens (tertiary/aromatic N) is 3. The second-order valence-corrected chi connectivity index (χ2v) is 5.40. The first-order valence-electron chi connectivity index (χ1n) is 7.85. The normalized spacial score (nSPS) is 10.2. The van der Waals surface area contributed by atoms with Crippen molar-refractivity contribution in [2.75, 3.05) is 11.9 Å². The summed E-state index contributed by atoms with van der Waals surface area (Å²) >= 11 is 0. The monoisotopic (exact) mass is 366 g/mol. The van der Waals surface area contributed by atoms with Crippen LogP contribution in [0.25, 0.3) is 5.69 Å². The Kier molecular flexibility index (Phi) is 5.22. The van der Waals surface area contributed by atoms with Crippen molar-refractivity contribution in [2.24, 2.45) is 0 Å². The van der Waals surface area contributed by atoms with Gasteiger partial charge in [-0.15, -0.1) is 0 Å². The van der Waals surface area contributed by atoms with E-state index in [1.165, 1.54) is 18.2 Å². The summed E-state index contributed by atoms with van der Waals surface area (Å²) in [6.45, 7) is -0.564. The van der Waals surface area contributed by atoms with E-state index in [4.69, 9.17) is 4.74 Å². The van der Waals surface area contributed by atoms with E-state index in [1.807, 2.05) is 0 Å².